The molecule has 0 bridgehead atoms. The molecule has 0 unspecified atom stereocenters. The van der Waals surface area contributed by atoms with Crippen molar-refractivity contribution >= 4 is 82.6 Å². The summed E-state index contributed by atoms with van der Waals surface area (Å²) in [6.45, 7) is 5.47. The second kappa shape index (κ2) is 15.6. The van der Waals surface area contributed by atoms with Gasteiger partial charge in [-0.25, -0.2) is 0 Å². The maximum absolute atomic E-state index is 13.1. The van der Waals surface area contributed by atoms with Crippen molar-refractivity contribution in [1.82, 2.24) is 0 Å². The number of nitrogens with zero attached hydrogens (tertiary/aromatic N) is 4. The van der Waals surface area contributed by atoms with Crippen LogP contribution in [0.15, 0.2) is 139 Å². The Morgan fingerprint density at radius 2 is 1.14 bits per heavy atom. The molecule has 17 heteroatoms. The van der Waals surface area contributed by atoms with Crippen LogP contribution in [0.25, 0.3) is 10.8 Å². The summed E-state index contributed by atoms with van der Waals surface area (Å²) in [5.41, 5.74) is 12.3. The number of carbonyl (C=O) groups excluding carboxylic acids is 2. The highest BCUT2D eigenvalue weighted by molar-refractivity contribution is 7.86. The number of nitrogens with two attached hydrogens (primary N) is 1. The molecule has 0 aliphatic rings. The number of amides is 2. The fourth-order valence-corrected chi connectivity index (χ4v) is 6.88. The van der Waals surface area contributed by atoms with E-state index in [9.17, 15) is 35.5 Å². The molecule has 56 heavy (non-hydrogen) atoms. The molecule has 0 aromatic heterocycles. The Balaban J connectivity index is 1.12. The van der Waals surface area contributed by atoms with Gasteiger partial charge in [0, 0.05) is 33.6 Å². The van der Waals surface area contributed by atoms with Crippen LogP contribution >= 0.6 is 0 Å². The number of hydrogen-bond donors (Lipinski definition) is 5. The first-order valence-electron chi connectivity index (χ1n) is 16.6. The highest BCUT2D eigenvalue weighted by atomic mass is 32.2. The van der Waals surface area contributed by atoms with Gasteiger partial charge in [0.2, 0.25) is 0 Å². The molecular weight excluding hydrogens is 759 g/mol. The zero-order valence-electron chi connectivity index (χ0n) is 29.9. The quantitative estimate of drug-likeness (QED) is 0.0504. The van der Waals surface area contributed by atoms with Crippen molar-refractivity contribution in [1.29, 1.82) is 0 Å². The average molecular weight is 792 g/mol. The summed E-state index contributed by atoms with van der Waals surface area (Å²) in [7, 11) is -9.61. The first-order chi connectivity index (χ1) is 26.4. The van der Waals surface area contributed by atoms with Gasteiger partial charge in [-0.2, -0.15) is 37.3 Å². The van der Waals surface area contributed by atoms with E-state index in [1.54, 1.807) is 85.8 Å². The highest BCUT2D eigenvalue weighted by Crippen LogP contribution is 2.33. The fraction of sp³-hybridized carbons (Fsp3) is 0.0769. The number of nitrogen functional groups attached to an aromatic ring is 1. The van der Waals surface area contributed by atoms with Gasteiger partial charge < -0.3 is 16.4 Å². The largest absolute Gasteiger partial charge is 0.399 e. The van der Waals surface area contributed by atoms with Gasteiger partial charge in [-0.05, 0) is 146 Å². The molecule has 0 radical (unpaired) electrons. The molecule has 0 aliphatic heterocycles. The molecule has 0 saturated heterocycles. The van der Waals surface area contributed by atoms with Gasteiger partial charge in [0.15, 0.2) is 0 Å². The van der Waals surface area contributed by atoms with E-state index in [0.29, 0.717) is 56.9 Å². The van der Waals surface area contributed by atoms with Crippen molar-refractivity contribution in [3.8, 4) is 0 Å². The Morgan fingerprint density at radius 3 is 1.77 bits per heavy atom. The summed E-state index contributed by atoms with van der Waals surface area (Å²) in [6.07, 6.45) is 0. The van der Waals surface area contributed by atoms with E-state index in [-0.39, 0.29) is 28.3 Å². The Hall–Kier alpha value is -6.66. The minimum atomic E-state index is -4.86. The first kappa shape index (κ1) is 39.0. The maximum Gasteiger partial charge on any atom is 0.295 e. The van der Waals surface area contributed by atoms with Crippen LogP contribution in [-0.2, 0) is 20.2 Å². The smallest absolute Gasteiger partial charge is 0.295 e. The van der Waals surface area contributed by atoms with Crippen molar-refractivity contribution in [3.05, 3.63) is 137 Å². The van der Waals surface area contributed by atoms with Crippen LogP contribution in [0.1, 0.15) is 37.4 Å². The second-order valence-electron chi connectivity index (χ2n) is 12.7. The molecular formula is C39H33N7O8S2. The van der Waals surface area contributed by atoms with E-state index in [2.05, 4.69) is 31.1 Å². The molecule has 2 amide bonds. The number of rotatable bonds is 10. The van der Waals surface area contributed by atoms with Gasteiger partial charge >= 0.3 is 0 Å². The molecule has 6 aromatic carbocycles. The Kier molecular flexibility index (Phi) is 10.9. The lowest BCUT2D eigenvalue weighted by Crippen LogP contribution is -2.14. The zero-order valence-corrected chi connectivity index (χ0v) is 31.6. The maximum atomic E-state index is 13.1. The molecule has 6 N–H and O–H groups in total. The van der Waals surface area contributed by atoms with Gasteiger partial charge in [-0.1, -0.05) is 6.07 Å². The number of hydrogen-bond acceptors (Lipinski definition) is 11. The van der Waals surface area contributed by atoms with Gasteiger partial charge in [0.25, 0.3) is 32.1 Å². The van der Waals surface area contributed by atoms with E-state index in [0.717, 1.165) is 17.2 Å². The van der Waals surface area contributed by atoms with E-state index < -0.39 is 30.0 Å². The number of azo groups is 2. The number of anilines is 3. The van der Waals surface area contributed by atoms with Crippen molar-refractivity contribution in [2.75, 3.05) is 16.4 Å². The third kappa shape index (κ3) is 9.16. The fourth-order valence-electron chi connectivity index (χ4n) is 5.53. The van der Waals surface area contributed by atoms with E-state index in [4.69, 9.17) is 5.73 Å². The normalized spacial score (nSPS) is 12.0. The molecule has 0 spiro atoms. The summed E-state index contributed by atoms with van der Waals surface area (Å²) in [5.74, 6) is -0.630. The van der Waals surface area contributed by atoms with Crippen LogP contribution in [0.2, 0.25) is 0 Å². The number of fused-ring (bicyclic) bond motifs is 1. The zero-order chi connectivity index (χ0) is 40.4. The Morgan fingerprint density at radius 1 is 0.571 bits per heavy atom. The van der Waals surface area contributed by atoms with Crippen LogP contribution in [0.4, 0.5) is 39.8 Å². The van der Waals surface area contributed by atoms with Crippen LogP contribution in [-0.4, -0.2) is 37.8 Å². The lowest BCUT2D eigenvalue weighted by Gasteiger charge is -2.12. The van der Waals surface area contributed by atoms with Crippen LogP contribution in [0, 0.1) is 20.8 Å². The van der Waals surface area contributed by atoms with E-state index in [1.807, 2.05) is 13.8 Å². The summed E-state index contributed by atoms with van der Waals surface area (Å²) in [5, 5.41) is 23.0. The molecule has 0 aliphatic carbocycles. The standard InChI is InChI=1S/C39H33N7O8S2/c1-22-16-30(14-15-34(22)45-44-31-13-8-27-19-32(55(49,50)51)21-37(33(27)20-31)56(52,53)54)43-46-36-18-23(2)35(17-24(36)3)42-39(48)26-6-11-29(12-7-26)41-38(47)25-4-9-28(40)10-5-25/h4-21H,40H2,1-3H3,(H,41,47)(H,42,48)(H,49,50,51)(H,52,53,54). The SMILES string of the molecule is Cc1cc(N=Nc2cc(C)c(NC(=O)c3ccc(NC(=O)c4ccc(N)cc4)cc3)cc2C)ccc1N=Nc1ccc2cc(S(=O)(=O)O)cc(S(=O)(=O)O)c2c1. The monoisotopic (exact) mass is 791 g/mol. The lowest BCUT2D eigenvalue weighted by molar-refractivity contribution is 0.102. The highest BCUT2D eigenvalue weighted by Gasteiger charge is 2.21. The van der Waals surface area contributed by atoms with Crippen LogP contribution < -0.4 is 16.4 Å². The first-order valence-corrected chi connectivity index (χ1v) is 19.5. The van der Waals surface area contributed by atoms with Gasteiger partial charge in [0.05, 0.1) is 27.6 Å². The Bertz CT molecular complexity index is 2820. The second-order valence-corrected chi connectivity index (χ2v) is 15.5. The number of benzene rings is 6. The molecule has 0 heterocycles. The third-order valence-corrected chi connectivity index (χ3v) is 10.3. The molecule has 0 saturated carbocycles. The summed E-state index contributed by atoms with van der Waals surface area (Å²) in [4.78, 5) is 24.2. The number of carbonyl (C=O) groups is 2. The Labute approximate surface area is 321 Å². The third-order valence-electron chi connectivity index (χ3n) is 8.54. The molecule has 0 fully saturated rings. The van der Waals surface area contributed by atoms with Crippen molar-refractivity contribution < 1.29 is 35.5 Å². The van der Waals surface area contributed by atoms with Crippen molar-refractivity contribution in [3.63, 3.8) is 0 Å². The molecule has 0 atom stereocenters. The average Bonchev–Trinajstić information content (AvgIpc) is 3.14. The number of aryl methyl sites for hydroxylation is 3. The predicted molar refractivity (Wildman–Crippen MR) is 212 cm³/mol. The minimum Gasteiger partial charge on any atom is -0.399 e. The van der Waals surface area contributed by atoms with Crippen LogP contribution in [0.5, 0.6) is 0 Å². The minimum absolute atomic E-state index is 0.0190. The molecule has 284 valence electrons. The summed E-state index contributed by atoms with van der Waals surface area (Å²) < 4.78 is 66.4. The van der Waals surface area contributed by atoms with Gasteiger partial charge in [-0.15, -0.1) is 0 Å². The van der Waals surface area contributed by atoms with E-state index >= 15 is 0 Å². The van der Waals surface area contributed by atoms with Crippen molar-refractivity contribution in [2.45, 2.75) is 30.6 Å². The van der Waals surface area contributed by atoms with Gasteiger partial charge in [0.1, 0.15) is 4.90 Å². The predicted octanol–water partition coefficient (Wildman–Crippen LogP) is 9.18. The lowest BCUT2D eigenvalue weighted by atomic mass is 10.1. The summed E-state index contributed by atoms with van der Waals surface area (Å²) >= 11 is 0. The van der Waals surface area contributed by atoms with Crippen LogP contribution in [0.3, 0.4) is 0 Å². The van der Waals surface area contributed by atoms with Gasteiger partial charge in [-0.3, -0.25) is 18.7 Å². The van der Waals surface area contributed by atoms with E-state index in [1.165, 1.54) is 18.2 Å². The molecule has 15 nitrogen and oxygen atoms in total. The molecule has 6 rings (SSSR count). The van der Waals surface area contributed by atoms with Crippen molar-refractivity contribution in [2.24, 2.45) is 20.5 Å². The topological polar surface area (TPSA) is 242 Å². The number of nitrogens with one attached hydrogen (secondary N) is 2. The summed E-state index contributed by atoms with van der Waals surface area (Å²) in [6, 6.07) is 27.7. The molecule has 6 aromatic rings.